The van der Waals surface area contributed by atoms with Crippen LogP contribution in [0, 0.1) is 0 Å². The van der Waals surface area contributed by atoms with Crippen LogP contribution in [-0.2, 0) is 6.42 Å². The van der Waals surface area contributed by atoms with Crippen molar-refractivity contribution in [2.45, 2.75) is 24.8 Å². The molecule has 2 heterocycles. The van der Waals surface area contributed by atoms with Gasteiger partial charge in [-0.25, -0.2) is 9.50 Å². The molecule has 3 rings (SSSR count). The van der Waals surface area contributed by atoms with Gasteiger partial charge in [-0.3, -0.25) is 0 Å². The lowest BCUT2D eigenvalue weighted by Crippen LogP contribution is -2.24. The van der Waals surface area contributed by atoms with E-state index in [0.29, 0.717) is 0 Å². The van der Waals surface area contributed by atoms with Crippen molar-refractivity contribution in [1.82, 2.24) is 14.6 Å². The summed E-state index contributed by atoms with van der Waals surface area (Å²) >= 11 is 0. The average Bonchev–Trinajstić information content (AvgIpc) is 2.73. The smallest absolute Gasteiger partial charge is 0.154 e. The van der Waals surface area contributed by atoms with Crippen LogP contribution in [0.2, 0.25) is 0 Å². The normalized spacial score (nSPS) is 18.6. The Balaban J connectivity index is 1.97. The van der Waals surface area contributed by atoms with Gasteiger partial charge in [0.1, 0.15) is 0 Å². The minimum absolute atomic E-state index is 0.0442. The molecule has 0 saturated heterocycles. The highest BCUT2D eigenvalue weighted by Crippen LogP contribution is 2.35. The Kier molecular flexibility index (Phi) is 1.44. The molecular weight excluding hydrogens is 176 g/mol. The highest BCUT2D eigenvalue weighted by Gasteiger charge is 2.38. The van der Waals surface area contributed by atoms with E-state index in [9.17, 15) is 0 Å². The van der Waals surface area contributed by atoms with E-state index in [1.807, 2.05) is 18.5 Å². The molecule has 0 bridgehead atoms. The molecule has 0 aromatic carbocycles. The largest absolute Gasteiger partial charge is 0.325 e. The van der Waals surface area contributed by atoms with Gasteiger partial charge in [0.05, 0.1) is 6.20 Å². The summed E-state index contributed by atoms with van der Waals surface area (Å²) in [6.07, 6.45) is 8.82. The van der Waals surface area contributed by atoms with Gasteiger partial charge in [-0.05, 0) is 24.8 Å². The number of rotatable bonds is 2. The molecular formula is C10H12N4. The minimum Gasteiger partial charge on any atom is -0.325 e. The lowest BCUT2D eigenvalue weighted by molar-refractivity contribution is 0.665. The summed E-state index contributed by atoms with van der Waals surface area (Å²) < 4.78 is 1.79. The maximum Gasteiger partial charge on any atom is 0.154 e. The molecule has 2 aromatic heterocycles. The SMILES string of the molecule is NC1(Cc2cnc3ccnn3c2)CC1. The molecule has 4 heteroatoms. The monoisotopic (exact) mass is 188 g/mol. The van der Waals surface area contributed by atoms with Gasteiger partial charge in [0.25, 0.3) is 0 Å². The second kappa shape index (κ2) is 2.54. The second-order valence-electron chi connectivity index (χ2n) is 4.14. The molecule has 0 atom stereocenters. The Morgan fingerprint density at radius 3 is 3.14 bits per heavy atom. The third kappa shape index (κ3) is 1.28. The quantitative estimate of drug-likeness (QED) is 0.757. The van der Waals surface area contributed by atoms with E-state index in [2.05, 4.69) is 10.1 Å². The number of hydrogen-bond donors (Lipinski definition) is 1. The Bertz CT molecular complexity index is 470. The molecule has 2 aromatic rings. The van der Waals surface area contributed by atoms with Crippen LogP contribution in [0.25, 0.3) is 5.65 Å². The fourth-order valence-electron chi connectivity index (χ4n) is 1.68. The number of nitrogens with zero attached hydrogens (tertiary/aromatic N) is 3. The third-order valence-electron chi connectivity index (χ3n) is 2.75. The van der Waals surface area contributed by atoms with E-state index >= 15 is 0 Å². The second-order valence-corrected chi connectivity index (χ2v) is 4.14. The highest BCUT2D eigenvalue weighted by atomic mass is 15.2. The summed E-state index contributed by atoms with van der Waals surface area (Å²) in [6.45, 7) is 0. The van der Waals surface area contributed by atoms with Crippen LogP contribution in [0.3, 0.4) is 0 Å². The standard InChI is InChI=1S/C10H12N4/c11-10(2-3-10)5-8-6-12-9-1-4-13-14(9)7-8/h1,4,6-7H,2-3,5,11H2. The highest BCUT2D eigenvalue weighted by molar-refractivity contribution is 5.36. The van der Waals surface area contributed by atoms with Crippen LogP contribution in [0.15, 0.2) is 24.7 Å². The Labute approximate surface area is 81.8 Å². The molecule has 14 heavy (non-hydrogen) atoms. The van der Waals surface area contributed by atoms with E-state index in [1.54, 1.807) is 10.7 Å². The average molecular weight is 188 g/mol. The van der Waals surface area contributed by atoms with E-state index in [4.69, 9.17) is 5.73 Å². The molecule has 72 valence electrons. The number of hydrogen-bond acceptors (Lipinski definition) is 3. The summed E-state index contributed by atoms with van der Waals surface area (Å²) in [6, 6.07) is 1.89. The van der Waals surface area contributed by atoms with Crippen LogP contribution < -0.4 is 5.73 Å². The molecule has 1 saturated carbocycles. The van der Waals surface area contributed by atoms with E-state index < -0.39 is 0 Å². The van der Waals surface area contributed by atoms with Crippen molar-refractivity contribution in [3.63, 3.8) is 0 Å². The first kappa shape index (κ1) is 7.94. The van der Waals surface area contributed by atoms with Crippen molar-refractivity contribution in [3.05, 3.63) is 30.2 Å². The lowest BCUT2D eigenvalue weighted by atomic mass is 10.1. The third-order valence-corrected chi connectivity index (χ3v) is 2.75. The maximum atomic E-state index is 6.04. The Hall–Kier alpha value is -1.42. The lowest BCUT2D eigenvalue weighted by Gasteiger charge is -2.07. The molecule has 0 aliphatic heterocycles. The summed E-state index contributed by atoms with van der Waals surface area (Å²) in [5.74, 6) is 0. The molecule has 2 N–H and O–H groups in total. The van der Waals surface area contributed by atoms with Crippen molar-refractivity contribution in [3.8, 4) is 0 Å². The molecule has 0 radical (unpaired) electrons. The van der Waals surface area contributed by atoms with E-state index in [-0.39, 0.29) is 5.54 Å². The summed E-state index contributed by atoms with van der Waals surface area (Å²) in [7, 11) is 0. The summed E-state index contributed by atoms with van der Waals surface area (Å²) in [4.78, 5) is 4.30. The summed E-state index contributed by atoms with van der Waals surface area (Å²) in [5, 5.41) is 4.14. The van der Waals surface area contributed by atoms with Gasteiger partial charge < -0.3 is 5.73 Å². The first-order valence-electron chi connectivity index (χ1n) is 4.82. The van der Waals surface area contributed by atoms with Gasteiger partial charge in [0, 0.05) is 24.0 Å². The van der Waals surface area contributed by atoms with Gasteiger partial charge in [0.15, 0.2) is 5.65 Å². The minimum atomic E-state index is 0.0442. The van der Waals surface area contributed by atoms with Crippen molar-refractivity contribution < 1.29 is 0 Å². The predicted octanol–water partition coefficient (Wildman–Crippen LogP) is 0.763. The first-order chi connectivity index (χ1) is 6.75. The van der Waals surface area contributed by atoms with Gasteiger partial charge in [-0.2, -0.15) is 5.10 Å². The number of aromatic nitrogens is 3. The van der Waals surface area contributed by atoms with Gasteiger partial charge in [-0.1, -0.05) is 0 Å². The van der Waals surface area contributed by atoms with Crippen LogP contribution in [0.1, 0.15) is 18.4 Å². The van der Waals surface area contributed by atoms with Gasteiger partial charge in [0.2, 0.25) is 0 Å². The predicted molar refractivity (Wildman–Crippen MR) is 52.8 cm³/mol. The topological polar surface area (TPSA) is 56.2 Å². The zero-order valence-corrected chi connectivity index (χ0v) is 7.85. The molecule has 0 spiro atoms. The van der Waals surface area contributed by atoms with Crippen LogP contribution in [0.4, 0.5) is 0 Å². The number of nitrogens with two attached hydrogens (primary N) is 1. The van der Waals surface area contributed by atoms with E-state index in [0.717, 1.165) is 24.9 Å². The fourth-order valence-corrected chi connectivity index (χ4v) is 1.68. The summed E-state index contributed by atoms with van der Waals surface area (Å²) in [5.41, 5.74) is 8.14. The van der Waals surface area contributed by atoms with Gasteiger partial charge in [-0.15, -0.1) is 0 Å². The number of fused-ring (bicyclic) bond motifs is 1. The van der Waals surface area contributed by atoms with Crippen LogP contribution in [0.5, 0.6) is 0 Å². The zero-order valence-electron chi connectivity index (χ0n) is 7.85. The van der Waals surface area contributed by atoms with E-state index in [1.165, 1.54) is 5.56 Å². The zero-order chi connectivity index (χ0) is 9.60. The molecule has 1 fully saturated rings. The molecule has 0 unspecified atom stereocenters. The fraction of sp³-hybridized carbons (Fsp3) is 0.400. The van der Waals surface area contributed by atoms with Gasteiger partial charge >= 0.3 is 0 Å². The first-order valence-corrected chi connectivity index (χ1v) is 4.82. The van der Waals surface area contributed by atoms with Crippen molar-refractivity contribution in [2.75, 3.05) is 0 Å². The van der Waals surface area contributed by atoms with Crippen molar-refractivity contribution in [2.24, 2.45) is 5.73 Å². The molecule has 1 aliphatic carbocycles. The Morgan fingerprint density at radius 2 is 2.36 bits per heavy atom. The maximum absolute atomic E-state index is 6.04. The molecule has 1 aliphatic rings. The van der Waals surface area contributed by atoms with Crippen molar-refractivity contribution >= 4 is 5.65 Å². The van der Waals surface area contributed by atoms with Crippen LogP contribution in [-0.4, -0.2) is 20.1 Å². The Morgan fingerprint density at radius 1 is 1.50 bits per heavy atom. The van der Waals surface area contributed by atoms with Crippen molar-refractivity contribution in [1.29, 1.82) is 0 Å². The van der Waals surface area contributed by atoms with Crippen LogP contribution >= 0.6 is 0 Å². The molecule has 0 amide bonds. The molecule has 4 nitrogen and oxygen atoms in total.